The third-order valence-corrected chi connectivity index (χ3v) is 3.20. The average molecular weight is 283 g/mol. The molecule has 4 nitrogen and oxygen atoms in total. The Kier molecular flexibility index (Phi) is 5.91. The Morgan fingerprint density at radius 1 is 0.905 bits per heavy atom. The van der Waals surface area contributed by atoms with Gasteiger partial charge in [0.2, 0.25) is 0 Å². The van der Waals surface area contributed by atoms with Crippen molar-refractivity contribution in [3.05, 3.63) is 54.6 Å². The second kappa shape index (κ2) is 8.17. The topological polar surface area (TPSA) is 37.2 Å². The Morgan fingerprint density at radius 2 is 1.52 bits per heavy atom. The quantitative estimate of drug-likeness (QED) is 0.698. The zero-order valence-electron chi connectivity index (χ0n) is 12.6. The monoisotopic (exact) mass is 283 g/mol. The van der Waals surface area contributed by atoms with Gasteiger partial charge in [0.05, 0.1) is 18.0 Å². The third kappa shape index (κ3) is 4.68. The highest BCUT2D eigenvalue weighted by atomic mass is 16.5. The van der Waals surface area contributed by atoms with E-state index in [0.29, 0.717) is 0 Å². The summed E-state index contributed by atoms with van der Waals surface area (Å²) in [7, 11) is 1.72. The highest BCUT2D eigenvalue weighted by molar-refractivity contribution is 5.52. The van der Waals surface area contributed by atoms with E-state index in [9.17, 15) is 0 Å². The van der Waals surface area contributed by atoms with Crippen LogP contribution in [-0.4, -0.2) is 26.8 Å². The highest BCUT2D eigenvalue weighted by Crippen LogP contribution is 2.22. The summed E-state index contributed by atoms with van der Waals surface area (Å²) in [6.45, 7) is 4.70. The molecule has 21 heavy (non-hydrogen) atoms. The van der Waals surface area contributed by atoms with Gasteiger partial charge in [-0.1, -0.05) is 18.2 Å². The standard InChI is InChI=1S/C17H21N3O/c1-3-20(13-14-21-2)17-11-9-16(10-12-17)19-18-15-7-5-4-6-8-15/h4-12H,3,13-14H2,1-2H3. The normalized spacial score (nSPS) is 11.0. The van der Waals surface area contributed by atoms with Crippen LogP contribution in [0.15, 0.2) is 64.8 Å². The van der Waals surface area contributed by atoms with E-state index in [1.165, 1.54) is 5.69 Å². The van der Waals surface area contributed by atoms with Crippen LogP contribution in [-0.2, 0) is 4.74 Å². The molecule has 0 spiro atoms. The number of hydrogen-bond acceptors (Lipinski definition) is 4. The predicted molar refractivity (Wildman–Crippen MR) is 86.8 cm³/mol. The number of nitrogens with zero attached hydrogens (tertiary/aromatic N) is 3. The van der Waals surface area contributed by atoms with Crippen LogP contribution in [0.4, 0.5) is 17.1 Å². The number of likely N-dealkylation sites (N-methyl/N-ethyl adjacent to an activating group) is 1. The van der Waals surface area contributed by atoms with Gasteiger partial charge in [-0.25, -0.2) is 0 Å². The lowest BCUT2D eigenvalue weighted by atomic mass is 10.2. The van der Waals surface area contributed by atoms with Gasteiger partial charge in [-0.2, -0.15) is 10.2 Å². The average Bonchev–Trinajstić information content (AvgIpc) is 2.56. The molecule has 2 rings (SSSR count). The van der Waals surface area contributed by atoms with Crippen LogP contribution >= 0.6 is 0 Å². The van der Waals surface area contributed by atoms with Crippen molar-refractivity contribution in [1.82, 2.24) is 0 Å². The van der Waals surface area contributed by atoms with Gasteiger partial charge in [-0.3, -0.25) is 0 Å². The van der Waals surface area contributed by atoms with Crippen LogP contribution in [0.3, 0.4) is 0 Å². The molecule has 4 heteroatoms. The number of ether oxygens (including phenoxy) is 1. The van der Waals surface area contributed by atoms with E-state index < -0.39 is 0 Å². The lowest BCUT2D eigenvalue weighted by Crippen LogP contribution is -2.26. The molecule has 0 amide bonds. The summed E-state index contributed by atoms with van der Waals surface area (Å²) < 4.78 is 5.13. The second-order valence-electron chi connectivity index (χ2n) is 4.62. The molecule has 0 heterocycles. The maximum absolute atomic E-state index is 5.13. The first-order valence-electron chi connectivity index (χ1n) is 7.14. The molecule has 0 aliphatic heterocycles. The fourth-order valence-electron chi connectivity index (χ4n) is 2.01. The fourth-order valence-corrected chi connectivity index (χ4v) is 2.01. The van der Waals surface area contributed by atoms with E-state index in [-0.39, 0.29) is 0 Å². The maximum Gasteiger partial charge on any atom is 0.0858 e. The Labute approximate surface area is 126 Å². The van der Waals surface area contributed by atoms with E-state index in [1.54, 1.807) is 7.11 Å². The summed E-state index contributed by atoms with van der Waals surface area (Å²) in [4.78, 5) is 2.27. The van der Waals surface area contributed by atoms with Crippen molar-refractivity contribution < 1.29 is 4.74 Å². The largest absolute Gasteiger partial charge is 0.383 e. The molecule has 0 aliphatic rings. The van der Waals surface area contributed by atoms with Crippen molar-refractivity contribution in [2.24, 2.45) is 10.2 Å². The Bertz CT molecular complexity index is 552. The molecule has 0 atom stereocenters. The molecule has 0 aliphatic carbocycles. The van der Waals surface area contributed by atoms with Crippen LogP contribution in [0, 0.1) is 0 Å². The Balaban J connectivity index is 2.03. The molecule has 0 radical (unpaired) electrons. The molecule has 0 aromatic heterocycles. The molecule has 0 bridgehead atoms. The van der Waals surface area contributed by atoms with Gasteiger partial charge < -0.3 is 9.64 Å². The maximum atomic E-state index is 5.13. The summed E-state index contributed by atoms with van der Waals surface area (Å²) in [6, 6.07) is 17.8. The lowest BCUT2D eigenvalue weighted by Gasteiger charge is -2.22. The van der Waals surface area contributed by atoms with Gasteiger partial charge in [-0.05, 0) is 43.3 Å². The smallest absolute Gasteiger partial charge is 0.0858 e. The minimum absolute atomic E-state index is 0.726. The number of hydrogen-bond donors (Lipinski definition) is 0. The van der Waals surface area contributed by atoms with Gasteiger partial charge in [0, 0.05) is 25.9 Å². The fraction of sp³-hybridized carbons (Fsp3) is 0.294. The molecular formula is C17H21N3O. The first kappa shape index (κ1) is 15.2. The zero-order chi connectivity index (χ0) is 14.9. The van der Waals surface area contributed by atoms with Crippen LogP contribution in [0.5, 0.6) is 0 Å². The minimum atomic E-state index is 0.726. The van der Waals surface area contributed by atoms with Gasteiger partial charge in [0.1, 0.15) is 0 Å². The van der Waals surface area contributed by atoms with Crippen molar-refractivity contribution >= 4 is 17.1 Å². The molecule has 0 N–H and O–H groups in total. The van der Waals surface area contributed by atoms with Crippen LogP contribution < -0.4 is 4.90 Å². The van der Waals surface area contributed by atoms with E-state index in [0.717, 1.165) is 31.1 Å². The molecule has 2 aromatic carbocycles. The first-order valence-corrected chi connectivity index (χ1v) is 7.14. The number of rotatable bonds is 7. The predicted octanol–water partition coefficient (Wildman–Crippen LogP) is 4.57. The van der Waals surface area contributed by atoms with Gasteiger partial charge in [-0.15, -0.1) is 0 Å². The molecule has 0 saturated carbocycles. The first-order chi connectivity index (χ1) is 10.3. The van der Waals surface area contributed by atoms with Crippen LogP contribution in [0.25, 0.3) is 0 Å². The van der Waals surface area contributed by atoms with Crippen LogP contribution in [0.1, 0.15) is 6.92 Å². The molecule has 0 fully saturated rings. The summed E-state index contributed by atoms with van der Waals surface area (Å²) in [5.41, 5.74) is 2.88. The van der Waals surface area contributed by atoms with E-state index in [2.05, 4.69) is 34.2 Å². The van der Waals surface area contributed by atoms with Crippen molar-refractivity contribution in [3.8, 4) is 0 Å². The van der Waals surface area contributed by atoms with Gasteiger partial charge in [0.25, 0.3) is 0 Å². The lowest BCUT2D eigenvalue weighted by molar-refractivity contribution is 0.205. The molecular weight excluding hydrogens is 262 g/mol. The molecule has 2 aromatic rings. The SMILES string of the molecule is CCN(CCOC)c1ccc(N=Nc2ccccc2)cc1. The highest BCUT2D eigenvalue weighted by Gasteiger charge is 2.03. The van der Waals surface area contributed by atoms with Crippen LogP contribution in [0.2, 0.25) is 0 Å². The molecule has 110 valence electrons. The number of methoxy groups -OCH3 is 1. The third-order valence-electron chi connectivity index (χ3n) is 3.20. The minimum Gasteiger partial charge on any atom is -0.383 e. The number of azo groups is 1. The van der Waals surface area contributed by atoms with E-state index in [4.69, 9.17) is 4.74 Å². The Morgan fingerprint density at radius 3 is 2.10 bits per heavy atom. The van der Waals surface area contributed by atoms with Gasteiger partial charge >= 0.3 is 0 Å². The van der Waals surface area contributed by atoms with E-state index in [1.807, 2.05) is 42.5 Å². The Hall–Kier alpha value is -2.20. The molecule has 0 unspecified atom stereocenters. The van der Waals surface area contributed by atoms with Crippen molar-refractivity contribution in [3.63, 3.8) is 0 Å². The van der Waals surface area contributed by atoms with Gasteiger partial charge in [0.15, 0.2) is 0 Å². The van der Waals surface area contributed by atoms with Crippen molar-refractivity contribution in [2.75, 3.05) is 31.7 Å². The number of anilines is 1. The van der Waals surface area contributed by atoms with Crippen molar-refractivity contribution in [1.29, 1.82) is 0 Å². The summed E-state index contributed by atoms with van der Waals surface area (Å²) in [5, 5.41) is 8.46. The van der Waals surface area contributed by atoms with Crippen molar-refractivity contribution in [2.45, 2.75) is 6.92 Å². The zero-order valence-corrected chi connectivity index (χ0v) is 12.6. The second-order valence-corrected chi connectivity index (χ2v) is 4.62. The molecule has 0 saturated heterocycles. The summed E-state index contributed by atoms with van der Waals surface area (Å²) in [5.74, 6) is 0. The van der Waals surface area contributed by atoms with E-state index >= 15 is 0 Å². The summed E-state index contributed by atoms with van der Waals surface area (Å²) >= 11 is 0. The number of benzene rings is 2. The summed E-state index contributed by atoms with van der Waals surface area (Å²) in [6.07, 6.45) is 0.